The third kappa shape index (κ3) is 7.30. The molecule has 31 heavy (non-hydrogen) atoms. The topological polar surface area (TPSA) is 83.8 Å². The van der Waals surface area contributed by atoms with Gasteiger partial charge >= 0.3 is 0 Å². The van der Waals surface area contributed by atoms with Gasteiger partial charge in [0.1, 0.15) is 0 Å². The van der Waals surface area contributed by atoms with Crippen LogP contribution in [0.1, 0.15) is 13.8 Å². The van der Waals surface area contributed by atoms with Crippen molar-refractivity contribution < 1.29 is 5.11 Å². The Labute approximate surface area is 210 Å². The van der Waals surface area contributed by atoms with Gasteiger partial charge in [-0.3, -0.25) is 0 Å². The van der Waals surface area contributed by atoms with Crippen molar-refractivity contribution >= 4 is 71.7 Å². The van der Waals surface area contributed by atoms with E-state index in [4.69, 9.17) is 11.6 Å². The van der Waals surface area contributed by atoms with Gasteiger partial charge in [-0.25, -0.2) is 4.98 Å². The van der Waals surface area contributed by atoms with Crippen LogP contribution in [-0.2, 0) is 0 Å². The van der Waals surface area contributed by atoms with Crippen molar-refractivity contribution in [3.8, 4) is 22.8 Å². The summed E-state index contributed by atoms with van der Waals surface area (Å²) in [5.41, 5.74) is 1.56. The minimum absolute atomic E-state index is 0.0419. The Morgan fingerprint density at radius 3 is 1.81 bits per heavy atom. The molecule has 2 aromatic heterocycles. The van der Waals surface area contributed by atoms with E-state index in [0.717, 1.165) is 20.1 Å². The van der Waals surface area contributed by atoms with Crippen LogP contribution >= 0.6 is 66.5 Å². The first kappa shape index (κ1) is 24.2. The molecule has 0 atom stereocenters. The van der Waals surface area contributed by atoms with Crippen LogP contribution in [0.5, 0.6) is 0 Å². The van der Waals surface area contributed by atoms with Crippen molar-refractivity contribution in [2.24, 2.45) is 0 Å². The summed E-state index contributed by atoms with van der Waals surface area (Å²) >= 11 is 14.9. The molecule has 0 aliphatic carbocycles. The molecule has 0 aliphatic rings. The first-order chi connectivity index (χ1) is 14.8. The number of hydrogen-bond acceptors (Lipinski definition) is 8. The van der Waals surface area contributed by atoms with Crippen molar-refractivity contribution in [1.82, 2.24) is 18.7 Å². The molecule has 0 bridgehead atoms. The number of halogens is 3. The summed E-state index contributed by atoms with van der Waals surface area (Å²) in [4.78, 5) is 8.48. The highest BCUT2D eigenvalue weighted by Crippen LogP contribution is 2.25. The average molecular weight is 604 g/mol. The second-order valence-corrected chi connectivity index (χ2v) is 10.9. The number of aromatic nitrogens is 4. The molecule has 0 saturated carbocycles. The Morgan fingerprint density at radius 2 is 1.35 bits per heavy atom. The van der Waals surface area contributed by atoms with Crippen LogP contribution in [0.25, 0.3) is 22.8 Å². The molecule has 0 unspecified atom stereocenters. The van der Waals surface area contributed by atoms with E-state index in [9.17, 15) is 5.11 Å². The summed E-state index contributed by atoms with van der Waals surface area (Å²) in [5, 5.41) is 13.1. The maximum Gasteiger partial charge on any atom is 0.203 e. The van der Waals surface area contributed by atoms with Gasteiger partial charge in [-0.1, -0.05) is 56.1 Å². The molecule has 0 radical (unpaired) electrons. The van der Waals surface area contributed by atoms with Gasteiger partial charge in [-0.2, -0.15) is 13.7 Å². The number of nitrogens with one attached hydrogen (secondary N) is 1. The lowest BCUT2D eigenvalue weighted by Gasteiger charge is -2.22. The van der Waals surface area contributed by atoms with E-state index in [-0.39, 0.29) is 6.61 Å². The van der Waals surface area contributed by atoms with Gasteiger partial charge in [0, 0.05) is 31.6 Å². The van der Waals surface area contributed by atoms with E-state index in [0.29, 0.717) is 21.2 Å². The lowest BCUT2D eigenvalue weighted by molar-refractivity contribution is 0.234. The number of hydrogen-bond donors (Lipinski definition) is 2. The van der Waals surface area contributed by atoms with Crippen LogP contribution in [-0.4, -0.2) is 36.0 Å². The van der Waals surface area contributed by atoms with E-state index in [1.165, 1.54) is 23.1 Å². The Balaban J connectivity index is 0.000000185. The predicted octanol–water partition coefficient (Wildman–Crippen LogP) is 6.77. The predicted molar refractivity (Wildman–Crippen MR) is 136 cm³/mol. The second kappa shape index (κ2) is 10.9. The van der Waals surface area contributed by atoms with E-state index in [1.54, 1.807) is 0 Å². The Hall–Kier alpha value is -1.43. The minimum Gasteiger partial charge on any atom is -0.394 e. The summed E-state index contributed by atoms with van der Waals surface area (Å²) in [5.74, 6) is 1.38. The SMILES string of the molecule is CC(C)(CO)Nc1nc(-c2ccc(Br)cc2)ns1.Clc1nc(-c2ccc(Br)cc2)ns1. The zero-order valence-corrected chi connectivity index (χ0v) is 22.1. The fraction of sp³-hybridized carbons (Fsp3) is 0.200. The summed E-state index contributed by atoms with van der Waals surface area (Å²) in [6.45, 7) is 3.86. The Kier molecular flexibility index (Phi) is 8.54. The molecule has 0 amide bonds. The van der Waals surface area contributed by atoms with E-state index in [1.807, 2.05) is 62.4 Å². The Morgan fingerprint density at radius 1 is 0.871 bits per heavy atom. The van der Waals surface area contributed by atoms with Gasteiger partial charge in [-0.15, -0.1) is 0 Å². The maximum atomic E-state index is 9.20. The van der Waals surface area contributed by atoms with Crippen molar-refractivity contribution in [2.45, 2.75) is 19.4 Å². The van der Waals surface area contributed by atoms with Crippen LogP contribution in [0.3, 0.4) is 0 Å². The summed E-state index contributed by atoms with van der Waals surface area (Å²) in [6, 6.07) is 15.6. The van der Waals surface area contributed by atoms with E-state index in [2.05, 4.69) is 55.9 Å². The molecule has 2 aromatic carbocycles. The van der Waals surface area contributed by atoms with Crippen LogP contribution in [0.4, 0.5) is 5.13 Å². The monoisotopic (exact) mass is 601 g/mol. The Bertz CT molecular complexity index is 1120. The molecule has 2 heterocycles. The van der Waals surface area contributed by atoms with Gasteiger partial charge in [0.2, 0.25) is 9.60 Å². The lowest BCUT2D eigenvalue weighted by Crippen LogP contribution is -2.34. The normalized spacial score (nSPS) is 11.0. The van der Waals surface area contributed by atoms with Gasteiger partial charge in [-0.05, 0) is 61.2 Å². The molecule has 0 saturated heterocycles. The number of aliphatic hydroxyl groups excluding tert-OH is 1. The fourth-order valence-corrected chi connectivity index (χ4v) is 4.16. The van der Waals surface area contributed by atoms with Crippen molar-refractivity contribution in [3.05, 3.63) is 61.9 Å². The van der Waals surface area contributed by atoms with Gasteiger partial charge in [0.25, 0.3) is 0 Å². The summed E-state index contributed by atoms with van der Waals surface area (Å²) < 4.78 is 10.9. The second-order valence-electron chi connectivity index (χ2n) is 6.97. The maximum absolute atomic E-state index is 9.20. The van der Waals surface area contributed by atoms with Crippen molar-refractivity contribution in [2.75, 3.05) is 11.9 Å². The van der Waals surface area contributed by atoms with Gasteiger partial charge in [0.05, 0.1) is 12.1 Å². The summed E-state index contributed by atoms with van der Waals surface area (Å²) in [6.07, 6.45) is 0. The number of benzene rings is 2. The lowest BCUT2D eigenvalue weighted by atomic mass is 10.1. The van der Waals surface area contributed by atoms with Gasteiger partial charge < -0.3 is 10.4 Å². The number of nitrogens with zero attached hydrogens (tertiary/aromatic N) is 4. The summed E-state index contributed by atoms with van der Waals surface area (Å²) in [7, 11) is 0. The van der Waals surface area contributed by atoms with E-state index < -0.39 is 5.54 Å². The van der Waals surface area contributed by atoms with Crippen LogP contribution in [0.2, 0.25) is 4.47 Å². The van der Waals surface area contributed by atoms with Crippen LogP contribution < -0.4 is 5.32 Å². The molecule has 0 aliphatic heterocycles. The third-order valence-electron chi connectivity index (χ3n) is 3.87. The highest BCUT2D eigenvalue weighted by Gasteiger charge is 2.18. The van der Waals surface area contributed by atoms with Crippen LogP contribution in [0.15, 0.2) is 57.5 Å². The third-order valence-corrected chi connectivity index (χ3v) is 6.36. The molecular formula is C20H18Br2ClN5OS2. The highest BCUT2D eigenvalue weighted by molar-refractivity contribution is 9.10. The number of rotatable bonds is 5. The smallest absolute Gasteiger partial charge is 0.203 e. The number of aliphatic hydroxyl groups is 1. The molecule has 2 N–H and O–H groups in total. The standard InChI is InChI=1S/C12H14BrN3OS.C8H4BrClN2S/c1-12(2,7-17)15-11-14-10(16-18-11)8-3-5-9(13)6-4-8;9-6-3-1-5(2-4-6)7-11-8(10)13-12-7/h3-6,17H,7H2,1-2H3,(H,14,15,16);1-4H. The zero-order chi connectivity index (χ0) is 22.4. The first-order valence-corrected chi connectivity index (χ1v) is 12.5. The molecule has 4 aromatic rings. The minimum atomic E-state index is -0.392. The van der Waals surface area contributed by atoms with Crippen molar-refractivity contribution in [1.29, 1.82) is 0 Å². The molecule has 0 fully saturated rings. The first-order valence-electron chi connectivity index (χ1n) is 8.99. The molecular weight excluding hydrogens is 586 g/mol. The quantitative estimate of drug-likeness (QED) is 0.262. The molecule has 6 nitrogen and oxygen atoms in total. The molecule has 162 valence electrons. The fourth-order valence-electron chi connectivity index (χ4n) is 2.24. The molecule has 4 rings (SSSR count). The molecule has 0 spiro atoms. The van der Waals surface area contributed by atoms with Crippen LogP contribution in [0, 0.1) is 0 Å². The highest BCUT2D eigenvalue weighted by atomic mass is 79.9. The number of anilines is 1. The zero-order valence-electron chi connectivity index (χ0n) is 16.5. The van der Waals surface area contributed by atoms with Gasteiger partial charge in [0.15, 0.2) is 11.6 Å². The largest absolute Gasteiger partial charge is 0.394 e. The average Bonchev–Trinajstić information content (AvgIpc) is 3.38. The van der Waals surface area contributed by atoms with E-state index >= 15 is 0 Å². The van der Waals surface area contributed by atoms with Crippen molar-refractivity contribution in [3.63, 3.8) is 0 Å². The molecule has 11 heteroatoms.